The monoisotopic (exact) mass is 630 g/mol. The number of fused-ring (bicyclic) bond motifs is 1. The topological polar surface area (TPSA) is 79.3 Å². The molecule has 2 amide bonds. The second-order valence-corrected chi connectivity index (χ2v) is 10.1. The van der Waals surface area contributed by atoms with Gasteiger partial charge in [0, 0.05) is 12.6 Å². The Morgan fingerprint density at radius 3 is 1.95 bits per heavy atom. The second-order valence-electron chi connectivity index (χ2n) is 10.1. The molecule has 238 valence electrons. The van der Waals surface area contributed by atoms with Crippen LogP contribution in [-0.4, -0.2) is 48.6 Å². The summed E-state index contributed by atoms with van der Waals surface area (Å²) in [6.07, 6.45) is -17.8. The Labute approximate surface area is 239 Å². The van der Waals surface area contributed by atoms with Crippen molar-refractivity contribution in [2.75, 3.05) is 25.2 Å². The lowest BCUT2D eigenvalue weighted by Crippen LogP contribution is -2.51. The lowest BCUT2D eigenvalue weighted by Gasteiger charge is -2.45. The lowest BCUT2D eigenvalue weighted by molar-refractivity contribution is -0.143. The van der Waals surface area contributed by atoms with Gasteiger partial charge in [-0.1, -0.05) is 13.8 Å². The normalized spacial score (nSPS) is 17.5. The Morgan fingerprint density at radius 1 is 0.930 bits per heavy atom. The summed E-state index contributed by atoms with van der Waals surface area (Å²) >= 11 is 0. The third-order valence-electron chi connectivity index (χ3n) is 6.84. The van der Waals surface area contributed by atoms with E-state index in [1.807, 2.05) is 0 Å². The number of halogens is 9. The summed E-state index contributed by atoms with van der Waals surface area (Å²) in [4.78, 5) is 27.8. The van der Waals surface area contributed by atoms with Gasteiger partial charge in [0.25, 0.3) is 0 Å². The fourth-order valence-electron chi connectivity index (χ4n) is 4.89. The number of benzene rings is 2. The maximum absolute atomic E-state index is 13.7. The van der Waals surface area contributed by atoms with Crippen molar-refractivity contribution in [3.05, 3.63) is 64.2 Å². The number of carbonyl (C=O) groups is 2. The minimum absolute atomic E-state index is 0.0951. The van der Waals surface area contributed by atoms with Gasteiger partial charge in [0.2, 0.25) is 0 Å². The molecule has 16 heteroatoms. The quantitative estimate of drug-likeness (QED) is 0.336. The van der Waals surface area contributed by atoms with E-state index in [0.29, 0.717) is 24.3 Å². The molecule has 2 aromatic carbocycles. The van der Waals surface area contributed by atoms with Crippen LogP contribution in [0.4, 0.5) is 54.8 Å². The Morgan fingerprint density at radius 2 is 1.49 bits per heavy atom. The fourth-order valence-corrected chi connectivity index (χ4v) is 4.89. The van der Waals surface area contributed by atoms with Gasteiger partial charge >= 0.3 is 30.7 Å². The summed E-state index contributed by atoms with van der Waals surface area (Å²) in [5.74, 6) is -0.440. The van der Waals surface area contributed by atoms with Crippen molar-refractivity contribution in [1.29, 1.82) is 0 Å². The van der Waals surface area contributed by atoms with Gasteiger partial charge in [0.05, 0.1) is 42.1 Å². The number of hydrogen-bond acceptors (Lipinski definition) is 5. The number of carbonyl (C=O) groups excluding carboxylic acids is 2. The predicted octanol–water partition coefficient (Wildman–Crippen LogP) is 7.42. The Hall–Kier alpha value is -3.69. The van der Waals surface area contributed by atoms with Gasteiger partial charge in [-0.25, -0.2) is 9.59 Å². The zero-order valence-corrected chi connectivity index (χ0v) is 22.9. The minimum atomic E-state index is -5.19. The summed E-state index contributed by atoms with van der Waals surface area (Å²) in [6, 6.07) is 0.715. The first kappa shape index (κ1) is 33.8. The van der Waals surface area contributed by atoms with Crippen molar-refractivity contribution in [2.24, 2.45) is 5.92 Å². The minimum Gasteiger partial charge on any atom is -0.453 e. The molecule has 43 heavy (non-hydrogen) atoms. The molecule has 2 atom stereocenters. The van der Waals surface area contributed by atoms with Crippen LogP contribution in [0.1, 0.15) is 54.1 Å². The van der Waals surface area contributed by atoms with E-state index in [1.54, 1.807) is 13.8 Å². The number of aliphatic hydroxyl groups excluding tert-OH is 1. The van der Waals surface area contributed by atoms with Crippen LogP contribution >= 0.6 is 0 Å². The van der Waals surface area contributed by atoms with Gasteiger partial charge in [-0.05, 0) is 59.9 Å². The first-order valence-electron chi connectivity index (χ1n) is 12.7. The van der Waals surface area contributed by atoms with Gasteiger partial charge in [-0.15, -0.1) is 0 Å². The highest BCUT2D eigenvalue weighted by Gasteiger charge is 2.44. The molecule has 0 saturated carbocycles. The molecule has 2 aromatic rings. The maximum atomic E-state index is 13.7. The predicted molar refractivity (Wildman–Crippen MR) is 133 cm³/mol. The molecule has 0 bridgehead atoms. The van der Waals surface area contributed by atoms with Gasteiger partial charge in [0.15, 0.2) is 0 Å². The smallest absolute Gasteiger partial charge is 0.416 e. The number of hydrogen-bond donors (Lipinski definition) is 1. The van der Waals surface area contributed by atoms with Crippen LogP contribution in [0.15, 0.2) is 36.4 Å². The first-order chi connectivity index (χ1) is 19.8. The van der Waals surface area contributed by atoms with Crippen LogP contribution in [0.5, 0.6) is 0 Å². The van der Waals surface area contributed by atoms with Gasteiger partial charge in [-0.3, -0.25) is 9.80 Å². The van der Waals surface area contributed by atoms with Crippen molar-refractivity contribution in [3.63, 3.8) is 0 Å². The highest BCUT2D eigenvalue weighted by molar-refractivity contribution is 5.90. The molecule has 2 unspecified atom stereocenters. The van der Waals surface area contributed by atoms with Crippen LogP contribution in [-0.2, 0) is 34.5 Å². The fraction of sp³-hybridized carbons (Fsp3) is 0.481. The molecule has 7 nitrogen and oxygen atoms in total. The molecule has 3 rings (SSSR count). The largest absolute Gasteiger partial charge is 0.453 e. The second kappa shape index (κ2) is 12.5. The Kier molecular flexibility index (Phi) is 9.83. The number of anilines is 1. The van der Waals surface area contributed by atoms with E-state index in [-0.39, 0.29) is 23.7 Å². The number of alkyl halides is 9. The number of nitrogens with zero attached hydrogens (tertiary/aromatic N) is 2. The number of methoxy groups -OCH3 is 1. The highest BCUT2D eigenvalue weighted by Crippen LogP contribution is 2.46. The number of rotatable bonds is 6. The lowest BCUT2D eigenvalue weighted by atomic mass is 9.84. The van der Waals surface area contributed by atoms with Gasteiger partial charge in [-0.2, -0.15) is 39.5 Å². The molecule has 1 N–H and O–H groups in total. The van der Waals surface area contributed by atoms with Crippen LogP contribution in [0.25, 0.3) is 0 Å². The third-order valence-corrected chi connectivity index (χ3v) is 6.84. The Balaban J connectivity index is 2.25. The Bertz CT molecular complexity index is 1290. The average molecular weight is 631 g/mol. The average Bonchev–Trinajstić information content (AvgIpc) is 2.91. The molecule has 0 fully saturated rings. The molecule has 1 aliphatic heterocycles. The van der Waals surface area contributed by atoms with Crippen LogP contribution in [0, 0.1) is 5.92 Å². The van der Waals surface area contributed by atoms with E-state index >= 15 is 0 Å². The standard InChI is InChI=1S/C27H27F9N2O5/c1-14(2)21-12-22(19-11-16(25(28,29)30)4-5-20(19)38(21)24(41)43-7-6-39)37(23(40)42-3)13-15-8-17(26(31,32)33)10-18(9-15)27(34,35)36/h4-5,8-11,14,21-22,39H,6-7,12-13H2,1-3H3. The zero-order valence-electron chi connectivity index (χ0n) is 22.9. The molecule has 0 aliphatic carbocycles. The van der Waals surface area contributed by atoms with Crippen molar-refractivity contribution >= 4 is 17.9 Å². The number of amides is 2. The SMILES string of the molecule is COC(=O)N(Cc1cc(C(F)(F)F)cc(C(F)(F)F)c1)C1CC(C(C)C)N(C(=O)OCCO)c2ccc(C(F)(F)F)cc21. The van der Waals surface area contributed by atoms with E-state index in [9.17, 15) is 49.1 Å². The van der Waals surface area contributed by atoms with E-state index in [1.165, 1.54) is 0 Å². The van der Waals surface area contributed by atoms with Gasteiger partial charge in [0.1, 0.15) is 6.61 Å². The first-order valence-corrected chi connectivity index (χ1v) is 12.7. The zero-order chi connectivity index (χ0) is 32.5. The van der Waals surface area contributed by atoms with E-state index in [0.717, 1.165) is 23.0 Å². The van der Waals surface area contributed by atoms with Crippen LogP contribution in [0.3, 0.4) is 0 Å². The highest BCUT2D eigenvalue weighted by atomic mass is 19.4. The van der Waals surface area contributed by atoms with Gasteiger partial charge < -0.3 is 14.6 Å². The maximum Gasteiger partial charge on any atom is 0.416 e. The summed E-state index contributed by atoms with van der Waals surface area (Å²) in [7, 11) is 0.886. The number of aliphatic hydroxyl groups is 1. The molecule has 0 radical (unpaired) electrons. The van der Waals surface area contributed by atoms with Crippen molar-refractivity contribution in [3.8, 4) is 0 Å². The third kappa shape index (κ3) is 7.64. The van der Waals surface area contributed by atoms with E-state index in [2.05, 4.69) is 0 Å². The van der Waals surface area contributed by atoms with E-state index < -0.39 is 90.7 Å². The van der Waals surface area contributed by atoms with Crippen molar-refractivity contribution < 1.29 is 63.7 Å². The summed E-state index contributed by atoms with van der Waals surface area (Å²) in [6.45, 7) is 1.38. The number of ether oxygens (including phenoxy) is 2. The van der Waals surface area contributed by atoms with Crippen molar-refractivity contribution in [2.45, 2.75) is 57.4 Å². The van der Waals surface area contributed by atoms with Crippen LogP contribution in [0.2, 0.25) is 0 Å². The molecule has 0 aromatic heterocycles. The molecule has 0 saturated heterocycles. The molecule has 1 aliphatic rings. The van der Waals surface area contributed by atoms with Crippen molar-refractivity contribution in [1.82, 2.24) is 4.90 Å². The summed E-state index contributed by atoms with van der Waals surface area (Å²) < 4.78 is 132. The summed E-state index contributed by atoms with van der Waals surface area (Å²) in [5.41, 5.74) is -5.52. The van der Waals surface area contributed by atoms with Crippen LogP contribution < -0.4 is 4.90 Å². The molecular weight excluding hydrogens is 603 g/mol. The molecular formula is C27H27F9N2O5. The summed E-state index contributed by atoms with van der Waals surface area (Å²) in [5, 5.41) is 9.07. The van der Waals surface area contributed by atoms with E-state index in [4.69, 9.17) is 14.6 Å². The molecule has 1 heterocycles. The molecule has 0 spiro atoms.